The fourth-order valence-electron chi connectivity index (χ4n) is 3.05. The van der Waals surface area contributed by atoms with Gasteiger partial charge in [-0.15, -0.1) is 11.8 Å². The number of benzene rings is 2. The van der Waals surface area contributed by atoms with E-state index in [2.05, 4.69) is 16.0 Å². The average molecular weight is 459 g/mol. The lowest BCUT2D eigenvalue weighted by molar-refractivity contribution is -0.122. The van der Waals surface area contributed by atoms with Crippen molar-refractivity contribution in [1.29, 1.82) is 0 Å². The van der Waals surface area contributed by atoms with Crippen LogP contribution in [0.1, 0.15) is 6.42 Å². The molecule has 0 radical (unpaired) electrons. The Hall–Kier alpha value is -3.24. The van der Waals surface area contributed by atoms with Crippen LogP contribution in [0.4, 0.5) is 16.2 Å². The lowest BCUT2D eigenvalue weighted by Crippen LogP contribution is -2.42. The van der Waals surface area contributed by atoms with E-state index < -0.39 is 11.9 Å². The maximum atomic E-state index is 12.3. The molecule has 0 atom stereocenters. The third kappa shape index (κ3) is 6.89. The van der Waals surface area contributed by atoms with Gasteiger partial charge in [-0.3, -0.25) is 19.8 Å². The van der Waals surface area contributed by atoms with E-state index in [1.165, 1.54) is 16.7 Å². The smallest absolute Gasteiger partial charge is 0.325 e. The first-order chi connectivity index (χ1) is 15.4. The van der Waals surface area contributed by atoms with Gasteiger partial charge in [-0.2, -0.15) is 0 Å². The first-order valence-corrected chi connectivity index (χ1v) is 11.3. The van der Waals surface area contributed by atoms with Gasteiger partial charge >= 0.3 is 6.03 Å². The van der Waals surface area contributed by atoms with Crippen LogP contribution in [-0.2, 0) is 9.59 Å². The van der Waals surface area contributed by atoms with Crippen LogP contribution < -0.4 is 25.4 Å². The number of nitrogens with zero attached hydrogens (tertiary/aromatic N) is 1. The Bertz CT molecular complexity index is 985. The van der Waals surface area contributed by atoms with E-state index in [0.717, 1.165) is 17.0 Å². The molecule has 2 aromatic rings. The monoisotopic (exact) mass is 458 g/mol. The highest BCUT2D eigenvalue weighted by atomic mass is 32.2. The van der Waals surface area contributed by atoms with E-state index >= 15 is 0 Å². The molecule has 0 bridgehead atoms. The van der Waals surface area contributed by atoms with Gasteiger partial charge < -0.3 is 20.1 Å². The zero-order chi connectivity index (χ0) is 22.9. The number of urea groups is 1. The molecule has 0 saturated carbocycles. The molecule has 170 valence electrons. The van der Waals surface area contributed by atoms with Crippen molar-refractivity contribution < 1.29 is 23.9 Å². The second kappa shape index (κ2) is 11.4. The topological polar surface area (TPSA) is 109 Å². The van der Waals surface area contributed by atoms with Gasteiger partial charge in [0.1, 0.15) is 0 Å². The fourth-order valence-corrected chi connectivity index (χ4v) is 3.61. The van der Waals surface area contributed by atoms with Crippen molar-refractivity contribution in [2.45, 2.75) is 11.3 Å². The minimum atomic E-state index is -0.670. The van der Waals surface area contributed by atoms with Crippen LogP contribution in [0.15, 0.2) is 47.4 Å². The Morgan fingerprint density at radius 3 is 2.47 bits per heavy atom. The minimum absolute atomic E-state index is 0.0000841. The second-order valence-electron chi connectivity index (χ2n) is 7.14. The summed E-state index contributed by atoms with van der Waals surface area (Å²) in [5.41, 5.74) is 1.19. The molecule has 3 rings (SSSR count). The lowest BCUT2D eigenvalue weighted by atomic mass is 10.3. The summed E-state index contributed by atoms with van der Waals surface area (Å²) in [6.45, 7) is 0.986. The number of rotatable bonds is 7. The molecule has 0 aromatic heterocycles. The molecule has 10 heteroatoms. The van der Waals surface area contributed by atoms with Crippen LogP contribution in [0.2, 0.25) is 0 Å². The molecule has 0 fully saturated rings. The zero-order valence-corrected chi connectivity index (χ0v) is 18.8. The van der Waals surface area contributed by atoms with Crippen LogP contribution in [0.3, 0.4) is 0 Å². The molecule has 0 unspecified atom stereocenters. The summed E-state index contributed by atoms with van der Waals surface area (Å²) < 4.78 is 11.1. The number of nitrogens with one attached hydrogen (secondary N) is 3. The number of hydrogen-bond donors (Lipinski definition) is 3. The summed E-state index contributed by atoms with van der Waals surface area (Å²) in [5.74, 6) is 0.375. The Morgan fingerprint density at radius 1 is 0.969 bits per heavy atom. The first-order valence-electron chi connectivity index (χ1n) is 10.1. The minimum Gasteiger partial charge on any atom is -0.490 e. The number of ether oxygens (including phenoxy) is 2. The van der Waals surface area contributed by atoms with Crippen LogP contribution >= 0.6 is 11.8 Å². The summed E-state index contributed by atoms with van der Waals surface area (Å²) in [5, 5.41) is 7.69. The van der Waals surface area contributed by atoms with E-state index in [-0.39, 0.29) is 19.0 Å². The molecule has 1 heterocycles. The molecule has 1 aliphatic heterocycles. The fraction of sp³-hybridized carbons (Fsp3) is 0.318. The zero-order valence-electron chi connectivity index (χ0n) is 18.0. The highest BCUT2D eigenvalue weighted by Crippen LogP contribution is 2.32. The van der Waals surface area contributed by atoms with Crippen LogP contribution in [0.25, 0.3) is 0 Å². The van der Waals surface area contributed by atoms with Crippen molar-refractivity contribution in [2.24, 2.45) is 0 Å². The maximum Gasteiger partial charge on any atom is 0.325 e. The molecule has 3 N–H and O–H groups in total. The summed E-state index contributed by atoms with van der Waals surface area (Å²) in [4.78, 5) is 39.1. The van der Waals surface area contributed by atoms with Crippen LogP contribution in [0, 0.1) is 0 Å². The molecular formula is C22H26N4O5S. The van der Waals surface area contributed by atoms with Crippen molar-refractivity contribution in [3.05, 3.63) is 42.5 Å². The molecule has 0 saturated heterocycles. The number of thioether (sulfide) groups is 1. The van der Waals surface area contributed by atoms with Gasteiger partial charge in [0.25, 0.3) is 0 Å². The average Bonchev–Trinajstić information content (AvgIpc) is 2.98. The number of imide groups is 1. The molecule has 1 aliphatic rings. The number of likely N-dealkylation sites (N-methyl/N-ethyl adjacent to an activating group) is 1. The molecule has 0 spiro atoms. The molecule has 32 heavy (non-hydrogen) atoms. The van der Waals surface area contributed by atoms with Gasteiger partial charge in [0.15, 0.2) is 11.5 Å². The van der Waals surface area contributed by atoms with E-state index in [1.54, 1.807) is 25.2 Å². The molecule has 2 aromatic carbocycles. The van der Waals surface area contributed by atoms with E-state index in [1.807, 2.05) is 30.5 Å². The Kier molecular flexibility index (Phi) is 8.34. The van der Waals surface area contributed by atoms with Crippen LogP contribution in [0.5, 0.6) is 11.5 Å². The number of anilines is 2. The third-order valence-electron chi connectivity index (χ3n) is 4.47. The highest BCUT2D eigenvalue weighted by molar-refractivity contribution is 7.98. The number of para-hydroxylation sites is 1. The largest absolute Gasteiger partial charge is 0.490 e. The van der Waals surface area contributed by atoms with Gasteiger partial charge in [-0.05, 0) is 37.6 Å². The molecular weight excluding hydrogens is 432 g/mol. The van der Waals surface area contributed by atoms with E-state index in [0.29, 0.717) is 30.4 Å². The first kappa shape index (κ1) is 23.4. The summed E-state index contributed by atoms with van der Waals surface area (Å²) in [7, 11) is 1.63. The number of carbonyl (C=O) groups is 3. The van der Waals surface area contributed by atoms with Crippen molar-refractivity contribution in [2.75, 3.05) is 50.2 Å². The Balaban J connectivity index is 1.45. The van der Waals surface area contributed by atoms with E-state index in [9.17, 15) is 14.4 Å². The quantitative estimate of drug-likeness (QED) is 0.548. The normalized spacial score (nSPS) is 12.6. The predicted octanol–water partition coefficient (Wildman–Crippen LogP) is 2.79. The number of fused-ring (bicyclic) bond motifs is 1. The number of carbonyl (C=O) groups excluding carboxylic acids is 3. The SMILES string of the molecule is CSc1ccccc1NC(=O)CN(C)CC(=O)NC(=O)Nc1ccc2c(c1)OCCCO2. The third-order valence-corrected chi connectivity index (χ3v) is 5.26. The number of hydrogen-bond acceptors (Lipinski definition) is 7. The predicted molar refractivity (Wildman–Crippen MR) is 124 cm³/mol. The maximum absolute atomic E-state index is 12.3. The highest BCUT2D eigenvalue weighted by Gasteiger charge is 2.16. The second-order valence-corrected chi connectivity index (χ2v) is 7.98. The standard InChI is InChI=1S/C22H26N4O5S/c1-26(13-20(27)24-16-6-3-4-7-19(16)32-2)14-21(28)25-22(29)23-15-8-9-17-18(12-15)31-11-5-10-30-17/h3-4,6-9,12H,5,10-11,13-14H2,1-2H3,(H,24,27)(H2,23,25,28,29). The van der Waals surface area contributed by atoms with Crippen LogP contribution in [-0.4, -0.2) is 62.4 Å². The summed E-state index contributed by atoms with van der Waals surface area (Å²) in [6.07, 6.45) is 2.71. The number of amides is 4. The van der Waals surface area contributed by atoms with Gasteiger partial charge in [0.2, 0.25) is 11.8 Å². The van der Waals surface area contributed by atoms with E-state index in [4.69, 9.17) is 9.47 Å². The van der Waals surface area contributed by atoms with Crippen molar-refractivity contribution >= 4 is 41.0 Å². The Labute approximate surface area is 190 Å². The van der Waals surface area contributed by atoms with Gasteiger partial charge in [0, 0.05) is 23.1 Å². The van der Waals surface area contributed by atoms with Gasteiger partial charge in [0.05, 0.1) is 32.0 Å². The summed E-state index contributed by atoms with van der Waals surface area (Å²) in [6, 6.07) is 11.8. The molecule has 9 nitrogen and oxygen atoms in total. The molecule has 4 amide bonds. The Morgan fingerprint density at radius 2 is 1.69 bits per heavy atom. The van der Waals surface area contributed by atoms with Crippen molar-refractivity contribution in [3.63, 3.8) is 0 Å². The van der Waals surface area contributed by atoms with Gasteiger partial charge in [-0.1, -0.05) is 12.1 Å². The lowest BCUT2D eigenvalue weighted by Gasteiger charge is -2.16. The van der Waals surface area contributed by atoms with Crippen molar-refractivity contribution in [1.82, 2.24) is 10.2 Å². The van der Waals surface area contributed by atoms with Crippen molar-refractivity contribution in [3.8, 4) is 11.5 Å². The molecule has 0 aliphatic carbocycles. The summed E-state index contributed by atoms with van der Waals surface area (Å²) >= 11 is 1.53. The van der Waals surface area contributed by atoms with Gasteiger partial charge in [-0.25, -0.2) is 4.79 Å².